The van der Waals surface area contributed by atoms with Crippen LogP contribution in [-0.2, 0) is 15.9 Å². The van der Waals surface area contributed by atoms with Crippen molar-refractivity contribution in [2.75, 3.05) is 13.2 Å². The van der Waals surface area contributed by atoms with Crippen LogP contribution in [0.25, 0.3) is 22.3 Å². The maximum atomic E-state index is 15.2. The van der Waals surface area contributed by atoms with E-state index in [0.717, 1.165) is 31.2 Å². The first-order valence-electron chi connectivity index (χ1n) is 15.8. The van der Waals surface area contributed by atoms with Gasteiger partial charge >= 0.3 is 0 Å². The molecule has 0 bridgehead atoms. The first-order chi connectivity index (χ1) is 20.5. The van der Waals surface area contributed by atoms with Crippen molar-refractivity contribution in [3.05, 3.63) is 95.3 Å². The molecular formula is C37H45F3O2. The number of halogens is 3. The van der Waals surface area contributed by atoms with E-state index < -0.39 is 11.6 Å². The van der Waals surface area contributed by atoms with Crippen molar-refractivity contribution in [3.8, 4) is 22.3 Å². The van der Waals surface area contributed by atoms with Crippen molar-refractivity contribution in [1.29, 1.82) is 0 Å². The van der Waals surface area contributed by atoms with Gasteiger partial charge in [0, 0.05) is 17.0 Å². The van der Waals surface area contributed by atoms with Crippen molar-refractivity contribution < 1.29 is 22.6 Å². The summed E-state index contributed by atoms with van der Waals surface area (Å²) >= 11 is 0. The Morgan fingerprint density at radius 2 is 1.33 bits per heavy atom. The normalized spacial score (nSPS) is 17.3. The first kappa shape index (κ1) is 32.0. The minimum Gasteiger partial charge on any atom is -0.352 e. The van der Waals surface area contributed by atoms with Gasteiger partial charge in [-0.15, -0.1) is 0 Å². The third-order valence-electron chi connectivity index (χ3n) is 8.10. The van der Waals surface area contributed by atoms with Gasteiger partial charge in [-0.2, -0.15) is 0 Å². The van der Waals surface area contributed by atoms with Gasteiger partial charge in [0.15, 0.2) is 17.9 Å². The molecule has 5 heteroatoms. The fraction of sp³-hybridized carbons (Fsp3) is 0.459. The topological polar surface area (TPSA) is 18.5 Å². The molecule has 1 aliphatic rings. The smallest absolute Gasteiger partial charge is 0.166 e. The fourth-order valence-electron chi connectivity index (χ4n) is 5.48. The molecule has 226 valence electrons. The van der Waals surface area contributed by atoms with Crippen molar-refractivity contribution in [2.45, 2.75) is 96.7 Å². The first-order valence-corrected chi connectivity index (χ1v) is 15.8. The van der Waals surface area contributed by atoms with Gasteiger partial charge in [0.2, 0.25) is 0 Å². The van der Waals surface area contributed by atoms with Gasteiger partial charge in [-0.3, -0.25) is 0 Å². The van der Waals surface area contributed by atoms with Gasteiger partial charge < -0.3 is 9.47 Å². The average molecular weight is 579 g/mol. The Labute approximate surface area is 250 Å². The van der Waals surface area contributed by atoms with Crippen LogP contribution in [-0.4, -0.2) is 19.5 Å². The monoisotopic (exact) mass is 578 g/mol. The lowest BCUT2D eigenvalue weighted by Gasteiger charge is -2.30. The molecular weight excluding hydrogens is 533 g/mol. The molecule has 0 atom stereocenters. The molecule has 0 aliphatic carbocycles. The molecule has 0 spiro atoms. The summed E-state index contributed by atoms with van der Waals surface area (Å²) in [7, 11) is 0. The Morgan fingerprint density at radius 1 is 0.690 bits per heavy atom. The summed E-state index contributed by atoms with van der Waals surface area (Å²) in [4.78, 5) is 0. The SMILES string of the molecule is CCC/C=C\Cc1ccc(-c2ccc(-c3ccc(C4COC(CCCCCCCCC)OC4)cc3F)cc2)c(F)c1F. The van der Waals surface area contributed by atoms with Gasteiger partial charge in [0.1, 0.15) is 5.82 Å². The summed E-state index contributed by atoms with van der Waals surface area (Å²) < 4.78 is 56.7. The zero-order chi connectivity index (χ0) is 29.7. The van der Waals surface area contributed by atoms with E-state index in [9.17, 15) is 8.78 Å². The van der Waals surface area contributed by atoms with Crippen molar-refractivity contribution in [1.82, 2.24) is 0 Å². The van der Waals surface area contributed by atoms with Gasteiger partial charge in [-0.1, -0.05) is 119 Å². The zero-order valence-corrected chi connectivity index (χ0v) is 25.1. The Bertz CT molecular complexity index is 1280. The predicted octanol–water partition coefficient (Wildman–Crippen LogP) is 10.9. The second-order valence-electron chi connectivity index (χ2n) is 11.4. The standard InChI is InChI=1S/C37H45F3O2/c1-3-5-7-9-10-11-13-15-35-41-25-31(26-42-35)30-21-22-32(34(38)24-30)27-16-18-28(19-17-27)33-23-20-29(36(39)37(33)40)14-12-8-6-4-2/h8,12,16-24,31,35H,3-7,9-11,13-15,25-26H2,1-2H3/b12-8-. The van der Waals surface area contributed by atoms with Gasteiger partial charge in [-0.05, 0) is 54.0 Å². The fourth-order valence-corrected chi connectivity index (χ4v) is 5.48. The molecule has 1 fully saturated rings. The largest absolute Gasteiger partial charge is 0.352 e. The highest BCUT2D eigenvalue weighted by molar-refractivity contribution is 5.71. The molecule has 1 heterocycles. The van der Waals surface area contributed by atoms with Crippen LogP contribution in [0.15, 0.2) is 66.7 Å². The van der Waals surface area contributed by atoms with Crippen molar-refractivity contribution in [3.63, 3.8) is 0 Å². The Hall–Kier alpha value is -2.89. The molecule has 0 unspecified atom stereocenters. The molecule has 0 saturated carbocycles. The van der Waals surface area contributed by atoms with Crippen LogP contribution < -0.4 is 0 Å². The minimum absolute atomic E-state index is 0.0100. The van der Waals surface area contributed by atoms with Crippen LogP contribution in [0.5, 0.6) is 0 Å². The number of allylic oxidation sites excluding steroid dienone is 2. The molecule has 2 nitrogen and oxygen atoms in total. The van der Waals surface area contributed by atoms with E-state index in [1.54, 1.807) is 48.5 Å². The van der Waals surface area contributed by atoms with Crippen LogP contribution in [0, 0.1) is 17.5 Å². The molecule has 0 N–H and O–H groups in total. The van der Waals surface area contributed by atoms with Crippen LogP contribution in [0.1, 0.15) is 95.1 Å². The number of rotatable bonds is 15. The van der Waals surface area contributed by atoms with E-state index in [1.807, 2.05) is 18.2 Å². The van der Waals surface area contributed by atoms with E-state index in [2.05, 4.69) is 13.8 Å². The van der Waals surface area contributed by atoms with Crippen LogP contribution >= 0.6 is 0 Å². The molecule has 0 aromatic heterocycles. The van der Waals surface area contributed by atoms with Crippen LogP contribution in [0.3, 0.4) is 0 Å². The van der Waals surface area contributed by atoms with Gasteiger partial charge in [0.05, 0.1) is 13.2 Å². The molecule has 42 heavy (non-hydrogen) atoms. The number of hydrogen-bond donors (Lipinski definition) is 0. The van der Waals surface area contributed by atoms with E-state index in [1.165, 1.54) is 38.5 Å². The minimum atomic E-state index is -0.860. The lowest BCUT2D eigenvalue weighted by molar-refractivity contribution is -0.190. The average Bonchev–Trinajstić information content (AvgIpc) is 3.01. The lowest BCUT2D eigenvalue weighted by Crippen LogP contribution is -2.30. The van der Waals surface area contributed by atoms with E-state index in [0.29, 0.717) is 41.9 Å². The van der Waals surface area contributed by atoms with E-state index >= 15 is 4.39 Å². The van der Waals surface area contributed by atoms with Crippen LogP contribution in [0.4, 0.5) is 13.2 Å². The Kier molecular flexibility index (Phi) is 12.7. The third kappa shape index (κ3) is 8.81. The zero-order valence-electron chi connectivity index (χ0n) is 25.1. The highest BCUT2D eigenvalue weighted by Crippen LogP contribution is 2.32. The molecule has 0 amide bonds. The highest BCUT2D eigenvalue weighted by Gasteiger charge is 2.24. The van der Waals surface area contributed by atoms with Crippen molar-refractivity contribution in [2.24, 2.45) is 0 Å². The number of hydrogen-bond acceptors (Lipinski definition) is 2. The summed E-state index contributed by atoms with van der Waals surface area (Å²) in [5.74, 6) is -2.02. The lowest BCUT2D eigenvalue weighted by atomic mass is 9.94. The third-order valence-corrected chi connectivity index (χ3v) is 8.10. The van der Waals surface area contributed by atoms with E-state index in [4.69, 9.17) is 9.47 Å². The number of unbranched alkanes of at least 4 members (excludes halogenated alkanes) is 7. The number of benzene rings is 3. The second kappa shape index (κ2) is 16.7. The van der Waals surface area contributed by atoms with Gasteiger partial charge in [0.25, 0.3) is 0 Å². The Balaban J connectivity index is 1.32. The summed E-state index contributed by atoms with van der Waals surface area (Å²) in [5, 5.41) is 0. The maximum Gasteiger partial charge on any atom is 0.166 e. The maximum absolute atomic E-state index is 15.2. The Morgan fingerprint density at radius 3 is 2.00 bits per heavy atom. The second-order valence-corrected chi connectivity index (χ2v) is 11.4. The van der Waals surface area contributed by atoms with E-state index in [-0.39, 0.29) is 23.6 Å². The molecule has 1 saturated heterocycles. The van der Waals surface area contributed by atoms with Crippen molar-refractivity contribution >= 4 is 0 Å². The number of ether oxygens (including phenoxy) is 2. The van der Waals surface area contributed by atoms with Crippen LogP contribution in [0.2, 0.25) is 0 Å². The summed E-state index contributed by atoms with van der Waals surface area (Å²) in [5.41, 5.74) is 3.05. The summed E-state index contributed by atoms with van der Waals surface area (Å²) in [6.45, 7) is 5.34. The molecule has 4 rings (SSSR count). The summed E-state index contributed by atoms with van der Waals surface area (Å²) in [6, 6.07) is 15.4. The predicted molar refractivity (Wildman–Crippen MR) is 166 cm³/mol. The van der Waals surface area contributed by atoms with Gasteiger partial charge in [-0.25, -0.2) is 13.2 Å². The summed E-state index contributed by atoms with van der Waals surface area (Å²) in [6.07, 6.45) is 15.7. The molecule has 1 aliphatic heterocycles. The molecule has 3 aromatic rings. The quantitative estimate of drug-likeness (QED) is 0.132. The molecule has 0 radical (unpaired) electrons. The molecule has 3 aromatic carbocycles. The highest BCUT2D eigenvalue weighted by atomic mass is 19.2.